The summed E-state index contributed by atoms with van der Waals surface area (Å²) >= 11 is 9.33. The van der Waals surface area contributed by atoms with Crippen molar-refractivity contribution in [3.8, 4) is 17.1 Å². The summed E-state index contributed by atoms with van der Waals surface area (Å²) in [6, 6.07) is 21.7. The Labute approximate surface area is 257 Å². The molecular formula is C31H28ClN7OS2. The fraction of sp³-hybridized carbons (Fsp3) is 0.194. The van der Waals surface area contributed by atoms with Gasteiger partial charge in [-0.3, -0.25) is 19.2 Å². The summed E-state index contributed by atoms with van der Waals surface area (Å²) in [4.78, 5) is 26.3. The second-order valence-corrected chi connectivity index (χ2v) is 12.0. The Balaban J connectivity index is 1.08. The molecular weight excluding hydrogens is 586 g/mol. The molecule has 5 aromatic rings. The van der Waals surface area contributed by atoms with Gasteiger partial charge >= 0.3 is 0 Å². The molecule has 8 nitrogen and oxygen atoms in total. The predicted molar refractivity (Wildman–Crippen MR) is 169 cm³/mol. The lowest BCUT2D eigenvalue weighted by molar-refractivity contribution is 0.0645. The van der Waals surface area contributed by atoms with Crippen LogP contribution in [0.25, 0.3) is 23.2 Å². The van der Waals surface area contributed by atoms with Crippen LogP contribution in [0.3, 0.4) is 0 Å². The maximum atomic E-state index is 13.2. The van der Waals surface area contributed by atoms with E-state index in [1.807, 2.05) is 69.4 Å². The Bertz CT molecular complexity index is 1670. The highest BCUT2D eigenvalue weighted by Crippen LogP contribution is 2.31. The molecule has 0 atom stereocenters. The topological polar surface area (TPSA) is 80.0 Å². The van der Waals surface area contributed by atoms with Crippen molar-refractivity contribution in [3.05, 3.63) is 112 Å². The summed E-state index contributed by atoms with van der Waals surface area (Å²) in [5.41, 5.74) is 3.47. The van der Waals surface area contributed by atoms with Crippen molar-refractivity contribution in [2.45, 2.75) is 10.9 Å². The summed E-state index contributed by atoms with van der Waals surface area (Å²) in [5.74, 6) is 1.25. The first-order chi connectivity index (χ1) is 20.6. The van der Waals surface area contributed by atoms with Crippen molar-refractivity contribution >= 4 is 46.7 Å². The van der Waals surface area contributed by atoms with Crippen LogP contribution in [-0.4, -0.2) is 73.2 Å². The number of thiazole rings is 1. The average Bonchev–Trinajstić information content (AvgIpc) is 3.69. The molecule has 3 aromatic heterocycles. The molecule has 6 rings (SSSR count). The SMILES string of the molecule is O=C(c1csc(CSc2nnc(-c3ccncc3)n2-c2cccc(Cl)c2)n1)N1CCN(C/C=C/c2ccccc2)CC1. The molecule has 2 aromatic carbocycles. The Morgan fingerprint density at radius 2 is 1.79 bits per heavy atom. The second-order valence-electron chi connectivity index (χ2n) is 9.68. The van der Waals surface area contributed by atoms with Gasteiger partial charge in [-0.15, -0.1) is 21.5 Å². The van der Waals surface area contributed by atoms with E-state index in [4.69, 9.17) is 11.6 Å². The van der Waals surface area contributed by atoms with Gasteiger partial charge in [0, 0.05) is 61.1 Å². The van der Waals surface area contributed by atoms with Gasteiger partial charge in [-0.1, -0.05) is 71.9 Å². The van der Waals surface area contributed by atoms with Crippen LogP contribution < -0.4 is 0 Å². The minimum atomic E-state index is -0.0101. The monoisotopic (exact) mass is 613 g/mol. The van der Waals surface area contributed by atoms with Gasteiger partial charge in [0.05, 0.1) is 11.4 Å². The minimum absolute atomic E-state index is 0.0101. The van der Waals surface area contributed by atoms with Crippen molar-refractivity contribution in [2.24, 2.45) is 0 Å². The van der Waals surface area contributed by atoms with Crippen LogP contribution in [0, 0.1) is 0 Å². The lowest BCUT2D eigenvalue weighted by atomic mass is 10.2. The number of carbonyl (C=O) groups excluding carboxylic acids is 1. The highest BCUT2D eigenvalue weighted by Gasteiger charge is 2.24. The molecule has 1 aliphatic rings. The number of amides is 1. The van der Waals surface area contributed by atoms with Gasteiger partial charge < -0.3 is 4.90 Å². The third-order valence-electron chi connectivity index (χ3n) is 6.87. The molecule has 0 spiro atoms. The smallest absolute Gasteiger partial charge is 0.273 e. The Morgan fingerprint density at radius 3 is 2.57 bits per heavy atom. The molecule has 0 bridgehead atoms. The molecule has 0 aliphatic carbocycles. The molecule has 0 radical (unpaired) electrons. The number of hydrogen-bond donors (Lipinski definition) is 0. The van der Waals surface area contributed by atoms with Crippen molar-refractivity contribution in [1.82, 2.24) is 34.5 Å². The van der Waals surface area contributed by atoms with Crippen LogP contribution in [0.4, 0.5) is 0 Å². The van der Waals surface area contributed by atoms with Crippen LogP contribution in [0.5, 0.6) is 0 Å². The quantitative estimate of drug-likeness (QED) is 0.183. The lowest BCUT2D eigenvalue weighted by Gasteiger charge is -2.33. The van der Waals surface area contributed by atoms with E-state index in [0.717, 1.165) is 35.9 Å². The Kier molecular flexibility index (Phi) is 9.05. The van der Waals surface area contributed by atoms with Gasteiger partial charge in [0.1, 0.15) is 10.7 Å². The Hall–Kier alpha value is -3.83. The first-order valence-electron chi connectivity index (χ1n) is 13.6. The second kappa shape index (κ2) is 13.4. The molecule has 1 aliphatic heterocycles. The standard InChI is InChI=1S/C31H28ClN7OS2/c32-25-9-4-10-26(20-25)39-29(24-11-13-33-14-12-24)35-36-31(39)42-22-28-34-27(21-41-28)30(40)38-18-16-37(17-19-38)15-5-8-23-6-2-1-3-7-23/h1-14,20-21H,15-19,22H2/b8-5+. The van der Waals surface area contributed by atoms with Crippen LogP contribution in [0.2, 0.25) is 5.02 Å². The third-order valence-corrected chi connectivity index (χ3v) is 9.07. The fourth-order valence-electron chi connectivity index (χ4n) is 4.70. The molecule has 0 N–H and O–H groups in total. The average molecular weight is 614 g/mol. The number of thioether (sulfide) groups is 1. The molecule has 0 unspecified atom stereocenters. The van der Waals surface area contributed by atoms with E-state index in [2.05, 4.69) is 49.4 Å². The molecule has 1 amide bonds. The molecule has 42 heavy (non-hydrogen) atoms. The van der Waals surface area contributed by atoms with Gasteiger partial charge in [-0.2, -0.15) is 0 Å². The van der Waals surface area contributed by atoms with Gasteiger partial charge in [0.15, 0.2) is 11.0 Å². The lowest BCUT2D eigenvalue weighted by Crippen LogP contribution is -2.48. The fourth-order valence-corrected chi connectivity index (χ4v) is 6.62. The number of nitrogens with zero attached hydrogens (tertiary/aromatic N) is 7. The van der Waals surface area contributed by atoms with Crippen molar-refractivity contribution < 1.29 is 4.79 Å². The molecule has 11 heteroatoms. The largest absolute Gasteiger partial charge is 0.335 e. The highest BCUT2D eigenvalue weighted by molar-refractivity contribution is 7.98. The van der Waals surface area contributed by atoms with E-state index in [1.165, 1.54) is 28.7 Å². The number of hydrogen-bond acceptors (Lipinski definition) is 8. The number of pyridine rings is 1. The van der Waals surface area contributed by atoms with Crippen molar-refractivity contribution in [3.63, 3.8) is 0 Å². The summed E-state index contributed by atoms with van der Waals surface area (Å²) in [6.45, 7) is 3.95. The van der Waals surface area contributed by atoms with E-state index in [1.54, 1.807) is 12.4 Å². The normalized spacial score (nSPS) is 14.1. The third kappa shape index (κ3) is 6.79. The predicted octanol–water partition coefficient (Wildman–Crippen LogP) is 6.20. The summed E-state index contributed by atoms with van der Waals surface area (Å²) in [5, 5.41) is 13.0. The molecule has 4 heterocycles. The van der Waals surface area contributed by atoms with E-state index in [-0.39, 0.29) is 5.91 Å². The van der Waals surface area contributed by atoms with Crippen LogP contribution in [0.1, 0.15) is 21.1 Å². The first-order valence-corrected chi connectivity index (χ1v) is 15.8. The number of halogens is 1. The van der Waals surface area contributed by atoms with Crippen molar-refractivity contribution in [2.75, 3.05) is 32.7 Å². The summed E-state index contributed by atoms with van der Waals surface area (Å²) in [7, 11) is 0. The van der Waals surface area contributed by atoms with E-state index < -0.39 is 0 Å². The van der Waals surface area contributed by atoms with Gasteiger partial charge in [-0.25, -0.2) is 4.98 Å². The van der Waals surface area contributed by atoms with Crippen LogP contribution in [0.15, 0.2) is 95.7 Å². The summed E-state index contributed by atoms with van der Waals surface area (Å²) < 4.78 is 1.99. The zero-order chi connectivity index (χ0) is 28.7. The van der Waals surface area contributed by atoms with Crippen molar-refractivity contribution in [1.29, 1.82) is 0 Å². The molecule has 212 valence electrons. The van der Waals surface area contributed by atoms with Gasteiger partial charge in [0.2, 0.25) is 0 Å². The van der Waals surface area contributed by atoms with Crippen LogP contribution >= 0.6 is 34.7 Å². The maximum absolute atomic E-state index is 13.2. The summed E-state index contributed by atoms with van der Waals surface area (Å²) in [6.07, 6.45) is 7.79. The van der Waals surface area contributed by atoms with Gasteiger partial charge in [0.25, 0.3) is 5.91 Å². The molecule has 1 fully saturated rings. The van der Waals surface area contributed by atoms with E-state index >= 15 is 0 Å². The Morgan fingerprint density at radius 1 is 0.976 bits per heavy atom. The number of benzene rings is 2. The van der Waals surface area contributed by atoms with E-state index in [0.29, 0.717) is 40.5 Å². The molecule has 0 saturated carbocycles. The first kappa shape index (κ1) is 28.3. The minimum Gasteiger partial charge on any atom is -0.335 e. The van der Waals surface area contributed by atoms with Gasteiger partial charge in [-0.05, 0) is 35.9 Å². The zero-order valence-electron chi connectivity index (χ0n) is 22.7. The van der Waals surface area contributed by atoms with E-state index in [9.17, 15) is 4.79 Å². The number of rotatable bonds is 9. The zero-order valence-corrected chi connectivity index (χ0v) is 25.1. The molecule has 1 saturated heterocycles. The maximum Gasteiger partial charge on any atom is 0.273 e. The van der Waals surface area contributed by atoms with Crippen LogP contribution in [-0.2, 0) is 5.75 Å². The number of carbonyl (C=O) groups is 1. The number of piperazine rings is 1. The number of aromatic nitrogens is 5. The highest BCUT2D eigenvalue weighted by atomic mass is 35.5.